The van der Waals surface area contributed by atoms with Crippen LogP contribution in [0.4, 0.5) is 18.0 Å². The van der Waals surface area contributed by atoms with Gasteiger partial charge in [0.1, 0.15) is 16.4 Å². The van der Waals surface area contributed by atoms with Crippen molar-refractivity contribution in [3.63, 3.8) is 0 Å². The molecule has 0 unspecified atom stereocenters. The summed E-state index contributed by atoms with van der Waals surface area (Å²) in [5.74, 6) is 0. The molecule has 2 heterocycles. The predicted octanol–water partition coefficient (Wildman–Crippen LogP) is 4.78. The number of ether oxygens (including phenoxy) is 1. The highest BCUT2D eigenvalue weighted by Gasteiger charge is 2.34. The Kier molecular flexibility index (Phi) is 5.13. The first-order chi connectivity index (χ1) is 11.0. The van der Waals surface area contributed by atoms with Crippen molar-refractivity contribution in [1.82, 2.24) is 9.88 Å². The van der Waals surface area contributed by atoms with Crippen LogP contribution in [-0.4, -0.2) is 34.7 Å². The first-order valence-corrected chi connectivity index (χ1v) is 7.75. The largest absolute Gasteiger partial charge is 0.444 e. The first-order valence-electron chi connectivity index (χ1n) is 7.38. The third kappa shape index (κ3) is 4.87. The van der Waals surface area contributed by atoms with Crippen LogP contribution in [0.1, 0.15) is 38.4 Å². The highest BCUT2D eigenvalue weighted by molar-refractivity contribution is 6.29. The Hall–Kier alpha value is -1.76. The van der Waals surface area contributed by atoms with E-state index in [0.29, 0.717) is 24.1 Å². The van der Waals surface area contributed by atoms with Crippen LogP contribution in [0.2, 0.25) is 5.15 Å². The summed E-state index contributed by atoms with van der Waals surface area (Å²) in [4.78, 5) is 16.9. The number of carbonyl (C=O) groups is 1. The van der Waals surface area contributed by atoms with E-state index in [2.05, 4.69) is 4.98 Å². The number of amides is 1. The van der Waals surface area contributed by atoms with E-state index in [4.69, 9.17) is 16.3 Å². The van der Waals surface area contributed by atoms with Gasteiger partial charge in [0.15, 0.2) is 0 Å². The average Bonchev–Trinajstić information content (AvgIpc) is 2.44. The third-order valence-corrected chi connectivity index (χ3v) is 3.45. The fraction of sp³-hybridized carbons (Fsp3) is 0.500. The van der Waals surface area contributed by atoms with Gasteiger partial charge in [-0.1, -0.05) is 17.7 Å². The number of pyridine rings is 1. The Morgan fingerprint density at radius 1 is 1.29 bits per heavy atom. The lowest BCUT2D eigenvalue weighted by Gasteiger charge is -2.30. The molecule has 1 aromatic heterocycles. The van der Waals surface area contributed by atoms with Crippen LogP contribution in [0, 0.1) is 0 Å². The van der Waals surface area contributed by atoms with Crippen LogP contribution in [0.15, 0.2) is 18.2 Å². The molecule has 0 atom stereocenters. The SMILES string of the molecule is CC(C)(C)OC(=O)N1CCC=C(c2cc(Cl)nc(C(F)(F)F)c2)C1. The second kappa shape index (κ2) is 6.63. The number of halogens is 4. The number of aromatic nitrogens is 1. The van der Waals surface area contributed by atoms with Gasteiger partial charge < -0.3 is 9.64 Å². The standard InChI is InChI=1S/C16H18ClF3N2O2/c1-15(2,3)24-14(23)22-6-4-5-10(9-22)11-7-12(16(18,19)20)21-13(17)8-11/h5,7-8H,4,6,9H2,1-3H3. The molecule has 24 heavy (non-hydrogen) atoms. The topological polar surface area (TPSA) is 42.4 Å². The number of carbonyl (C=O) groups excluding carboxylic acids is 1. The molecule has 1 aliphatic rings. The maximum Gasteiger partial charge on any atom is 0.433 e. The highest BCUT2D eigenvalue weighted by Crippen LogP contribution is 2.32. The van der Waals surface area contributed by atoms with Gasteiger partial charge in [-0.25, -0.2) is 9.78 Å². The van der Waals surface area contributed by atoms with E-state index in [1.165, 1.54) is 11.0 Å². The summed E-state index contributed by atoms with van der Waals surface area (Å²) < 4.78 is 43.9. The summed E-state index contributed by atoms with van der Waals surface area (Å²) >= 11 is 5.72. The van der Waals surface area contributed by atoms with Crippen molar-refractivity contribution in [2.45, 2.75) is 39.0 Å². The second-order valence-electron chi connectivity index (χ2n) is 6.48. The Bertz CT molecular complexity index is 666. The van der Waals surface area contributed by atoms with E-state index < -0.39 is 23.6 Å². The van der Waals surface area contributed by atoms with Crippen molar-refractivity contribution < 1.29 is 22.7 Å². The van der Waals surface area contributed by atoms with Crippen molar-refractivity contribution in [1.29, 1.82) is 0 Å². The zero-order chi connectivity index (χ0) is 18.1. The van der Waals surface area contributed by atoms with Crippen molar-refractivity contribution >= 4 is 23.3 Å². The number of rotatable bonds is 1. The number of hydrogen-bond donors (Lipinski definition) is 0. The van der Waals surface area contributed by atoms with Crippen LogP contribution in [0.5, 0.6) is 0 Å². The van der Waals surface area contributed by atoms with Gasteiger partial charge in [-0.2, -0.15) is 13.2 Å². The fourth-order valence-corrected chi connectivity index (χ4v) is 2.47. The lowest BCUT2D eigenvalue weighted by Crippen LogP contribution is -2.39. The Morgan fingerprint density at radius 3 is 2.54 bits per heavy atom. The van der Waals surface area contributed by atoms with Crippen molar-refractivity contribution in [3.8, 4) is 0 Å². The van der Waals surface area contributed by atoms with Gasteiger partial charge in [0, 0.05) is 13.1 Å². The predicted molar refractivity (Wildman–Crippen MR) is 84.7 cm³/mol. The summed E-state index contributed by atoms with van der Waals surface area (Å²) in [6.07, 6.45) is -2.76. The molecular formula is C16H18ClF3N2O2. The number of nitrogens with zero attached hydrogens (tertiary/aromatic N) is 2. The molecule has 1 aromatic rings. The van der Waals surface area contributed by atoms with E-state index >= 15 is 0 Å². The smallest absolute Gasteiger partial charge is 0.433 e. The van der Waals surface area contributed by atoms with Crippen LogP contribution in [0.25, 0.3) is 5.57 Å². The molecule has 0 saturated heterocycles. The van der Waals surface area contributed by atoms with Crippen molar-refractivity contribution in [2.24, 2.45) is 0 Å². The molecule has 0 radical (unpaired) electrons. The van der Waals surface area contributed by atoms with E-state index in [0.717, 1.165) is 6.07 Å². The molecule has 132 valence electrons. The fourth-order valence-electron chi connectivity index (χ4n) is 2.26. The number of hydrogen-bond acceptors (Lipinski definition) is 3. The minimum atomic E-state index is -4.58. The highest BCUT2D eigenvalue weighted by atomic mass is 35.5. The third-order valence-electron chi connectivity index (χ3n) is 3.26. The molecule has 0 fully saturated rings. The van der Waals surface area contributed by atoms with E-state index in [1.807, 2.05) is 0 Å². The van der Waals surface area contributed by atoms with Crippen molar-refractivity contribution in [3.05, 3.63) is 34.6 Å². The molecule has 4 nitrogen and oxygen atoms in total. The average molecular weight is 363 g/mol. The summed E-state index contributed by atoms with van der Waals surface area (Å²) in [7, 11) is 0. The van der Waals surface area contributed by atoms with Crippen LogP contribution in [0.3, 0.4) is 0 Å². The van der Waals surface area contributed by atoms with Gasteiger partial charge in [-0.15, -0.1) is 0 Å². The molecule has 0 aliphatic carbocycles. The van der Waals surface area contributed by atoms with Gasteiger partial charge >= 0.3 is 12.3 Å². The normalized spacial score (nSPS) is 16.0. The molecule has 0 aromatic carbocycles. The van der Waals surface area contributed by atoms with Gasteiger partial charge in [-0.05, 0) is 50.5 Å². The van der Waals surface area contributed by atoms with Crippen LogP contribution < -0.4 is 0 Å². The Labute approximate surface area is 143 Å². The minimum Gasteiger partial charge on any atom is -0.444 e. The molecule has 0 bridgehead atoms. The summed E-state index contributed by atoms with van der Waals surface area (Å²) in [6.45, 7) is 5.87. The zero-order valence-corrected chi connectivity index (χ0v) is 14.3. The first kappa shape index (κ1) is 18.6. The molecule has 1 amide bonds. The van der Waals surface area contributed by atoms with E-state index in [-0.39, 0.29) is 11.7 Å². The van der Waals surface area contributed by atoms with Gasteiger partial charge in [0.25, 0.3) is 0 Å². The monoisotopic (exact) mass is 362 g/mol. The Morgan fingerprint density at radius 2 is 1.96 bits per heavy atom. The molecule has 0 N–H and O–H groups in total. The van der Waals surface area contributed by atoms with Crippen LogP contribution in [-0.2, 0) is 10.9 Å². The Balaban J connectivity index is 2.23. The molecular weight excluding hydrogens is 345 g/mol. The number of alkyl halides is 3. The molecule has 8 heteroatoms. The lowest BCUT2D eigenvalue weighted by atomic mass is 10.0. The van der Waals surface area contributed by atoms with E-state index in [9.17, 15) is 18.0 Å². The maximum absolute atomic E-state index is 12.9. The van der Waals surface area contributed by atoms with E-state index in [1.54, 1.807) is 26.8 Å². The van der Waals surface area contributed by atoms with Crippen LogP contribution >= 0.6 is 11.6 Å². The van der Waals surface area contributed by atoms with Crippen molar-refractivity contribution in [2.75, 3.05) is 13.1 Å². The van der Waals surface area contributed by atoms with Gasteiger partial charge in [-0.3, -0.25) is 0 Å². The quantitative estimate of drug-likeness (QED) is 0.675. The summed E-state index contributed by atoms with van der Waals surface area (Å²) in [5, 5.41) is -0.241. The second-order valence-corrected chi connectivity index (χ2v) is 6.87. The molecule has 0 saturated carbocycles. The van der Waals surface area contributed by atoms with Gasteiger partial charge in [0.2, 0.25) is 0 Å². The lowest BCUT2D eigenvalue weighted by molar-refractivity contribution is -0.141. The maximum atomic E-state index is 12.9. The summed E-state index contributed by atoms with van der Waals surface area (Å²) in [5.41, 5.74) is -0.806. The summed E-state index contributed by atoms with van der Waals surface area (Å²) in [6, 6.07) is 2.30. The van der Waals surface area contributed by atoms with Gasteiger partial charge in [0.05, 0.1) is 0 Å². The minimum absolute atomic E-state index is 0.159. The molecule has 0 spiro atoms. The molecule has 1 aliphatic heterocycles. The molecule has 2 rings (SSSR count). The zero-order valence-electron chi connectivity index (χ0n) is 13.6.